The highest BCUT2D eigenvalue weighted by Crippen LogP contribution is 2.38. The average molecular weight is 240 g/mol. The molecular weight excluding hydrogens is 224 g/mol. The molecule has 1 heterocycles. The maximum absolute atomic E-state index is 10.0. The van der Waals surface area contributed by atoms with Gasteiger partial charge in [-0.1, -0.05) is 0 Å². The first kappa shape index (κ1) is 11.6. The summed E-state index contributed by atoms with van der Waals surface area (Å²) in [5.41, 5.74) is 2.12. The Labute approximate surface area is 99.8 Å². The molecule has 1 aromatic rings. The Bertz CT molecular complexity index is 379. The predicted octanol–water partition coefficient (Wildman–Crippen LogP) is 2.37. The fraction of sp³-hybridized carbons (Fsp3) is 0.500. The molecule has 0 aliphatic carbocycles. The van der Waals surface area contributed by atoms with Crippen molar-refractivity contribution in [3.63, 3.8) is 0 Å². The van der Waals surface area contributed by atoms with Crippen molar-refractivity contribution in [2.45, 2.75) is 18.3 Å². The van der Waals surface area contributed by atoms with Gasteiger partial charge in [-0.2, -0.15) is 11.8 Å². The van der Waals surface area contributed by atoms with E-state index in [4.69, 9.17) is 9.47 Å². The molecule has 1 aliphatic heterocycles. The topological polar surface area (TPSA) is 38.7 Å². The highest BCUT2D eigenvalue weighted by atomic mass is 32.2. The molecule has 0 radical (unpaired) electrons. The molecule has 0 unspecified atom stereocenters. The van der Waals surface area contributed by atoms with Crippen molar-refractivity contribution < 1.29 is 14.6 Å². The Balaban J connectivity index is 2.47. The number of methoxy groups -OCH3 is 2. The van der Waals surface area contributed by atoms with Crippen molar-refractivity contribution in [2.75, 3.05) is 20.0 Å². The van der Waals surface area contributed by atoms with Gasteiger partial charge < -0.3 is 14.6 Å². The van der Waals surface area contributed by atoms with E-state index in [1.54, 1.807) is 14.2 Å². The van der Waals surface area contributed by atoms with E-state index in [0.717, 1.165) is 34.8 Å². The highest BCUT2D eigenvalue weighted by molar-refractivity contribution is 7.98. The fourth-order valence-electron chi connectivity index (χ4n) is 1.90. The van der Waals surface area contributed by atoms with Gasteiger partial charge in [0, 0.05) is 5.75 Å². The van der Waals surface area contributed by atoms with E-state index in [-0.39, 0.29) is 6.10 Å². The summed E-state index contributed by atoms with van der Waals surface area (Å²) in [7, 11) is 3.24. The van der Waals surface area contributed by atoms with Crippen LogP contribution in [0.4, 0.5) is 0 Å². The summed E-state index contributed by atoms with van der Waals surface area (Å²) in [6.07, 6.45) is 0.414. The van der Waals surface area contributed by atoms with Crippen LogP contribution in [0.1, 0.15) is 23.7 Å². The fourth-order valence-corrected chi connectivity index (χ4v) is 2.91. The smallest absolute Gasteiger partial charge is 0.161 e. The van der Waals surface area contributed by atoms with Crippen molar-refractivity contribution in [2.24, 2.45) is 0 Å². The molecule has 1 aliphatic rings. The van der Waals surface area contributed by atoms with E-state index < -0.39 is 0 Å². The van der Waals surface area contributed by atoms with Gasteiger partial charge in [-0.3, -0.25) is 0 Å². The van der Waals surface area contributed by atoms with Crippen molar-refractivity contribution in [1.29, 1.82) is 0 Å². The van der Waals surface area contributed by atoms with Gasteiger partial charge in [-0.05, 0) is 35.4 Å². The Kier molecular flexibility index (Phi) is 3.61. The van der Waals surface area contributed by atoms with Crippen molar-refractivity contribution in [1.82, 2.24) is 0 Å². The van der Waals surface area contributed by atoms with Crippen LogP contribution >= 0.6 is 11.8 Å². The molecule has 1 atom stereocenters. The molecule has 3 nitrogen and oxygen atoms in total. The summed E-state index contributed by atoms with van der Waals surface area (Å²) in [6, 6.07) is 3.86. The molecule has 1 aromatic carbocycles. The lowest BCUT2D eigenvalue weighted by Crippen LogP contribution is -2.01. The zero-order chi connectivity index (χ0) is 11.5. The summed E-state index contributed by atoms with van der Waals surface area (Å²) >= 11 is 1.84. The third kappa shape index (κ3) is 2.13. The normalized spacial score (nSPS) is 19.8. The third-order valence-electron chi connectivity index (χ3n) is 2.80. The molecule has 0 fully saturated rings. The Morgan fingerprint density at radius 1 is 1.25 bits per heavy atom. The molecule has 0 spiro atoms. The summed E-state index contributed by atoms with van der Waals surface area (Å²) in [5, 5.41) is 10.0. The maximum Gasteiger partial charge on any atom is 0.161 e. The van der Waals surface area contributed by atoms with Crippen molar-refractivity contribution in [3.8, 4) is 11.5 Å². The van der Waals surface area contributed by atoms with Crippen LogP contribution in [0.5, 0.6) is 11.5 Å². The predicted molar refractivity (Wildman–Crippen MR) is 65.3 cm³/mol. The highest BCUT2D eigenvalue weighted by Gasteiger charge is 2.19. The van der Waals surface area contributed by atoms with E-state index in [1.165, 1.54) is 0 Å². The summed E-state index contributed by atoms with van der Waals surface area (Å²) < 4.78 is 10.5. The number of hydrogen-bond acceptors (Lipinski definition) is 4. The van der Waals surface area contributed by atoms with Crippen LogP contribution in [0.15, 0.2) is 12.1 Å². The number of ether oxygens (including phenoxy) is 2. The molecule has 1 N–H and O–H groups in total. The van der Waals surface area contributed by atoms with E-state index >= 15 is 0 Å². The van der Waals surface area contributed by atoms with Gasteiger partial charge in [0.05, 0.1) is 20.3 Å². The number of aliphatic hydroxyl groups excluding tert-OH is 1. The summed E-state index contributed by atoms with van der Waals surface area (Å²) in [5.74, 6) is 3.33. The lowest BCUT2D eigenvalue weighted by atomic mass is 10.0. The van der Waals surface area contributed by atoms with Crippen LogP contribution in [0.25, 0.3) is 0 Å². The van der Waals surface area contributed by atoms with Crippen LogP contribution in [0.3, 0.4) is 0 Å². The van der Waals surface area contributed by atoms with E-state index in [1.807, 2.05) is 23.9 Å². The zero-order valence-corrected chi connectivity index (χ0v) is 10.3. The molecule has 0 saturated heterocycles. The first-order valence-electron chi connectivity index (χ1n) is 5.27. The molecule has 88 valence electrons. The van der Waals surface area contributed by atoms with Crippen molar-refractivity contribution in [3.05, 3.63) is 23.3 Å². The molecule has 0 aromatic heterocycles. The largest absolute Gasteiger partial charge is 0.493 e. The van der Waals surface area contributed by atoms with E-state index in [2.05, 4.69) is 0 Å². The lowest BCUT2D eigenvalue weighted by molar-refractivity contribution is 0.174. The molecule has 2 rings (SSSR count). The molecule has 4 heteroatoms. The minimum Gasteiger partial charge on any atom is -0.493 e. The first-order valence-corrected chi connectivity index (χ1v) is 6.42. The van der Waals surface area contributed by atoms with Gasteiger partial charge >= 0.3 is 0 Å². The molecule has 0 amide bonds. The Hall–Kier alpha value is -0.870. The van der Waals surface area contributed by atoms with Crippen LogP contribution in [0.2, 0.25) is 0 Å². The van der Waals surface area contributed by atoms with Gasteiger partial charge in [-0.15, -0.1) is 0 Å². The average Bonchev–Trinajstić information content (AvgIpc) is 2.49. The number of hydrogen-bond donors (Lipinski definition) is 1. The van der Waals surface area contributed by atoms with E-state index in [0.29, 0.717) is 5.75 Å². The van der Waals surface area contributed by atoms with Gasteiger partial charge in [0.25, 0.3) is 0 Å². The third-order valence-corrected chi connectivity index (χ3v) is 3.84. The Morgan fingerprint density at radius 2 is 1.94 bits per heavy atom. The van der Waals surface area contributed by atoms with E-state index in [9.17, 15) is 5.11 Å². The molecule has 16 heavy (non-hydrogen) atoms. The minimum atomic E-state index is -0.384. The molecular formula is C12H16O3S. The number of benzene rings is 1. The van der Waals surface area contributed by atoms with Crippen molar-refractivity contribution >= 4 is 11.8 Å². The van der Waals surface area contributed by atoms with Crippen LogP contribution in [-0.4, -0.2) is 25.1 Å². The second-order valence-electron chi connectivity index (χ2n) is 3.76. The minimum absolute atomic E-state index is 0.384. The zero-order valence-electron chi connectivity index (χ0n) is 9.53. The van der Waals surface area contributed by atoms with Crippen LogP contribution in [-0.2, 0) is 5.75 Å². The number of thioether (sulfide) groups is 1. The quantitative estimate of drug-likeness (QED) is 0.861. The van der Waals surface area contributed by atoms with Gasteiger partial charge in [0.2, 0.25) is 0 Å². The van der Waals surface area contributed by atoms with Gasteiger partial charge in [0.1, 0.15) is 0 Å². The number of rotatable bonds is 2. The lowest BCUT2D eigenvalue weighted by Gasteiger charge is -2.15. The SMILES string of the molecule is COc1cc2c(cc1OC)[C@H](O)CCSC2. The van der Waals surface area contributed by atoms with Gasteiger partial charge in [0.15, 0.2) is 11.5 Å². The molecule has 0 saturated carbocycles. The standard InChI is InChI=1S/C12H16O3S/c1-14-11-5-8-7-16-4-3-10(13)9(8)6-12(11)15-2/h5-6,10,13H,3-4,7H2,1-2H3/t10-/m1/s1. The first-order chi connectivity index (χ1) is 7.76. The van der Waals surface area contributed by atoms with Crippen LogP contribution in [0, 0.1) is 0 Å². The molecule has 0 bridgehead atoms. The maximum atomic E-state index is 10.0. The second kappa shape index (κ2) is 4.97. The second-order valence-corrected chi connectivity index (χ2v) is 4.87. The monoisotopic (exact) mass is 240 g/mol. The Morgan fingerprint density at radius 3 is 2.62 bits per heavy atom. The van der Waals surface area contributed by atoms with Gasteiger partial charge in [-0.25, -0.2) is 0 Å². The summed E-state index contributed by atoms with van der Waals surface area (Å²) in [6.45, 7) is 0. The summed E-state index contributed by atoms with van der Waals surface area (Å²) in [4.78, 5) is 0. The number of aliphatic hydroxyl groups is 1. The number of fused-ring (bicyclic) bond motifs is 1. The van der Waals surface area contributed by atoms with Crippen LogP contribution < -0.4 is 9.47 Å².